The highest BCUT2D eigenvalue weighted by Gasteiger charge is 2.07. The number of rotatable bonds is 2. The van der Waals surface area contributed by atoms with Gasteiger partial charge >= 0.3 is 5.97 Å². The first-order valence-corrected chi connectivity index (χ1v) is 4.68. The van der Waals surface area contributed by atoms with Crippen molar-refractivity contribution in [3.05, 3.63) is 53.9 Å². The van der Waals surface area contributed by atoms with E-state index in [4.69, 9.17) is 4.74 Å². The van der Waals surface area contributed by atoms with Gasteiger partial charge in [0.2, 0.25) is 0 Å². The van der Waals surface area contributed by atoms with Crippen LogP contribution in [0.1, 0.15) is 16.1 Å². The summed E-state index contributed by atoms with van der Waals surface area (Å²) in [6.07, 6.45) is 1.69. The van der Waals surface area contributed by atoms with Crippen LogP contribution in [0.2, 0.25) is 0 Å². The summed E-state index contributed by atoms with van der Waals surface area (Å²) in [5.74, 6) is 0.184. The van der Waals surface area contributed by atoms with E-state index in [1.54, 1.807) is 30.5 Å². The summed E-state index contributed by atoms with van der Waals surface area (Å²) < 4.78 is 5.14. The zero-order chi connectivity index (χ0) is 10.7. The minimum atomic E-state index is -0.371. The number of carbonyl (C=O) groups excluding carboxylic acids is 1. The normalized spacial score (nSPS) is 9.93. The number of aromatic nitrogens is 1. The molecule has 0 bridgehead atoms. The first-order chi connectivity index (χ1) is 7.25. The van der Waals surface area contributed by atoms with Crippen LogP contribution in [0.25, 0.3) is 0 Å². The van der Waals surface area contributed by atoms with Gasteiger partial charge in [-0.3, -0.25) is 0 Å². The van der Waals surface area contributed by atoms with E-state index in [1.165, 1.54) is 0 Å². The molecule has 0 aliphatic carbocycles. The maximum absolute atomic E-state index is 11.5. The molecule has 0 aliphatic rings. The molecule has 0 radical (unpaired) electrons. The molecule has 0 spiro atoms. The summed E-state index contributed by atoms with van der Waals surface area (Å²) in [6, 6.07) is 10.8. The van der Waals surface area contributed by atoms with Gasteiger partial charge in [-0.15, -0.1) is 0 Å². The molecule has 76 valence electrons. The minimum Gasteiger partial charge on any atom is -0.422 e. The lowest BCUT2D eigenvalue weighted by Crippen LogP contribution is -2.08. The van der Waals surface area contributed by atoms with Crippen molar-refractivity contribution in [2.45, 2.75) is 6.92 Å². The van der Waals surface area contributed by atoms with Crippen molar-refractivity contribution in [3.63, 3.8) is 0 Å². The molecule has 0 unspecified atom stereocenters. The second-order valence-electron chi connectivity index (χ2n) is 3.29. The number of esters is 1. The highest BCUT2D eigenvalue weighted by atomic mass is 16.5. The van der Waals surface area contributed by atoms with E-state index in [0.29, 0.717) is 11.4 Å². The molecule has 2 aromatic rings. The van der Waals surface area contributed by atoms with Crippen molar-refractivity contribution < 1.29 is 9.53 Å². The molecule has 0 saturated heterocycles. The van der Waals surface area contributed by atoms with Gasteiger partial charge in [0, 0.05) is 6.20 Å². The predicted octanol–water partition coefficient (Wildman–Crippen LogP) is 2.54. The summed E-state index contributed by atoms with van der Waals surface area (Å²) in [4.78, 5) is 14.3. The quantitative estimate of drug-likeness (QED) is 0.599. The highest BCUT2D eigenvalue weighted by molar-refractivity contribution is 5.89. The van der Waals surface area contributed by atoms with Gasteiger partial charge in [0.15, 0.2) is 0 Å². The monoisotopic (exact) mass is 201 g/mol. The maximum atomic E-state index is 11.5. The lowest BCUT2D eigenvalue weighted by Gasteiger charge is -2.02. The standard InChI is InChI=1S/C12H11NO2/c1-9-4-6-10(7-5-9)15-12(14)11-3-2-8-13-11/h2-8,13H,1H3. The molecule has 1 aromatic heterocycles. The van der Waals surface area contributed by atoms with Crippen LogP contribution in [0, 0.1) is 6.92 Å². The number of ether oxygens (including phenoxy) is 1. The molecule has 0 saturated carbocycles. The summed E-state index contributed by atoms with van der Waals surface area (Å²) >= 11 is 0. The van der Waals surface area contributed by atoms with Gasteiger partial charge in [0.25, 0.3) is 0 Å². The van der Waals surface area contributed by atoms with Crippen LogP contribution in [0.3, 0.4) is 0 Å². The van der Waals surface area contributed by atoms with E-state index in [0.717, 1.165) is 5.56 Å². The fourth-order valence-corrected chi connectivity index (χ4v) is 1.23. The van der Waals surface area contributed by atoms with Gasteiger partial charge < -0.3 is 9.72 Å². The number of aryl methyl sites for hydroxylation is 1. The van der Waals surface area contributed by atoms with E-state index in [9.17, 15) is 4.79 Å². The number of carbonyl (C=O) groups is 1. The average Bonchev–Trinajstić information content (AvgIpc) is 2.74. The third kappa shape index (κ3) is 2.26. The van der Waals surface area contributed by atoms with E-state index in [1.807, 2.05) is 19.1 Å². The molecule has 2 rings (SSSR count). The number of nitrogens with one attached hydrogen (secondary N) is 1. The first kappa shape index (κ1) is 9.52. The highest BCUT2D eigenvalue weighted by Crippen LogP contribution is 2.13. The van der Waals surface area contributed by atoms with Crippen molar-refractivity contribution in [2.75, 3.05) is 0 Å². The smallest absolute Gasteiger partial charge is 0.360 e. The van der Waals surface area contributed by atoms with Crippen LogP contribution in [-0.2, 0) is 0 Å². The van der Waals surface area contributed by atoms with Crippen LogP contribution in [-0.4, -0.2) is 11.0 Å². The zero-order valence-electron chi connectivity index (χ0n) is 8.36. The second-order valence-corrected chi connectivity index (χ2v) is 3.29. The number of benzene rings is 1. The van der Waals surface area contributed by atoms with Crippen LogP contribution >= 0.6 is 0 Å². The topological polar surface area (TPSA) is 42.1 Å². The van der Waals surface area contributed by atoms with Crippen molar-refractivity contribution in [3.8, 4) is 5.75 Å². The molecule has 1 N–H and O–H groups in total. The van der Waals surface area contributed by atoms with E-state index in [2.05, 4.69) is 4.98 Å². The Bertz CT molecular complexity index is 443. The average molecular weight is 201 g/mol. The summed E-state index contributed by atoms with van der Waals surface area (Å²) in [5, 5.41) is 0. The third-order valence-electron chi connectivity index (χ3n) is 2.05. The first-order valence-electron chi connectivity index (χ1n) is 4.68. The van der Waals surface area contributed by atoms with Crippen molar-refractivity contribution in [1.29, 1.82) is 0 Å². The fourth-order valence-electron chi connectivity index (χ4n) is 1.23. The lowest BCUT2D eigenvalue weighted by atomic mass is 10.2. The molecular formula is C12H11NO2. The zero-order valence-corrected chi connectivity index (χ0v) is 8.36. The predicted molar refractivity (Wildman–Crippen MR) is 56.9 cm³/mol. The van der Waals surface area contributed by atoms with Crippen LogP contribution < -0.4 is 4.74 Å². The molecule has 1 heterocycles. The van der Waals surface area contributed by atoms with Gasteiger partial charge in [0.1, 0.15) is 11.4 Å². The van der Waals surface area contributed by atoms with Crippen LogP contribution in [0.15, 0.2) is 42.6 Å². The Morgan fingerprint density at radius 2 is 1.93 bits per heavy atom. The Kier molecular flexibility index (Phi) is 2.54. The van der Waals surface area contributed by atoms with Gasteiger partial charge in [-0.05, 0) is 31.2 Å². The Balaban J connectivity index is 2.09. The van der Waals surface area contributed by atoms with Gasteiger partial charge in [-0.1, -0.05) is 17.7 Å². The molecule has 3 nitrogen and oxygen atoms in total. The van der Waals surface area contributed by atoms with Crippen LogP contribution in [0.5, 0.6) is 5.75 Å². The largest absolute Gasteiger partial charge is 0.422 e. The third-order valence-corrected chi connectivity index (χ3v) is 2.05. The SMILES string of the molecule is Cc1ccc(OC(=O)c2ccc[nH]2)cc1. The minimum absolute atomic E-state index is 0.371. The van der Waals surface area contributed by atoms with Crippen molar-refractivity contribution >= 4 is 5.97 Å². The maximum Gasteiger partial charge on any atom is 0.360 e. The van der Waals surface area contributed by atoms with Gasteiger partial charge in [0.05, 0.1) is 0 Å². The molecule has 3 heteroatoms. The molecule has 0 atom stereocenters. The Morgan fingerprint density at radius 3 is 2.53 bits per heavy atom. The van der Waals surface area contributed by atoms with E-state index < -0.39 is 0 Å². The summed E-state index contributed by atoms with van der Waals surface area (Å²) in [6.45, 7) is 1.98. The Labute approximate surface area is 87.7 Å². The molecule has 15 heavy (non-hydrogen) atoms. The summed E-state index contributed by atoms with van der Waals surface area (Å²) in [5.41, 5.74) is 1.59. The second kappa shape index (κ2) is 4.00. The number of hydrogen-bond donors (Lipinski definition) is 1. The van der Waals surface area contributed by atoms with E-state index in [-0.39, 0.29) is 5.97 Å². The molecule has 0 aliphatic heterocycles. The number of hydrogen-bond acceptors (Lipinski definition) is 2. The van der Waals surface area contributed by atoms with Gasteiger partial charge in [-0.25, -0.2) is 4.79 Å². The Morgan fingerprint density at radius 1 is 1.20 bits per heavy atom. The van der Waals surface area contributed by atoms with Crippen molar-refractivity contribution in [1.82, 2.24) is 4.98 Å². The van der Waals surface area contributed by atoms with E-state index >= 15 is 0 Å². The molecule has 1 aromatic carbocycles. The number of H-pyrrole nitrogens is 1. The lowest BCUT2D eigenvalue weighted by molar-refractivity contribution is 0.0729. The van der Waals surface area contributed by atoms with Gasteiger partial charge in [-0.2, -0.15) is 0 Å². The Hall–Kier alpha value is -2.03. The molecule has 0 fully saturated rings. The van der Waals surface area contributed by atoms with Crippen molar-refractivity contribution in [2.24, 2.45) is 0 Å². The summed E-state index contributed by atoms with van der Waals surface area (Å²) in [7, 11) is 0. The molecule has 0 amide bonds. The fraction of sp³-hybridized carbons (Fsp3) is 0.0833. The molecular weight excluding hydrogens is 190 g/mol. The van der Waals surface area contributed by atoms with Crippen LogP contribution in [0.4, 0.5) is 0 Å². The number of aromatic amines is 1.